The Kier molecular flexibility index (Phi) is 6.15. The zero-order valence-electron chi connectivity index (χ0n) is 10.7. The van der Waals surface area contributed by atoms with Gasteiger partial charge in [-0.15, -0.1) is 0 Å². The van der Waals surface area contributed by atoms with E-state index in [4.69, 9.17) is 0 Å². The fraction of sp³-hybridized carbons (Fsp3) is 0.462. The van der Waals surface area contributed by atoms with Crippen LogP contribution in [0.4, 0.5) is 0 Å². The number of nitrogens with one attached hydrogen (secondary N) is 1. The molecule has 1 aromatic carbocycles. The molecule has 5 heteroatoms. The van der Waals surface area contributed by atoms with E-state index in [-0.39, 0.29) is 11.7 Å². The maximum Gasteiger partial charge on any atom is 0.234 e. The lowest BCUT2D eigenvalue weighted by Gasteiger charge is -2.20. The first-order valence-corrected chi connectivity index (χ1v) is 6.82. The molecule has 0 unspecified atom stereocenters. The Morgan fingerprint density at radius 2 is 2.17 bits per heavy atom. The molecule has 100 valence electrons. The van der Waals surface area contributed by atoms with Crippen LogP contribution in [0.1, 0.15) is 19.4 Å². The third-order valence-corrected chi connectivity index (χ3v) is 3.39. The van der Waals surface area contributed by atoms with Gasteiger partial charge >= 0.3 is 0 Å². The molecule has 0 aliphatic rings. The van der Waals surface area contributed by atoms with Crippen molar-refractivity contribution >= 4 is 21.8 Å². The van der Waals surface area contributed by atoms with Crippen LogP contribution in [0.2, 0.25) is 0 Å². The molecule has 0 radical (unpaired) electrons. The van der Waals surface area contributed by atoms with Crippen LogP contribution < -0.4 is 5.32 Å². The highest BCUT2D eigenvalue weighted by Crippen LogP contribution is 2.22. The van der Waals surface area contributed by atoms with E-state index >= 15 is 0 Å². The van der Waals surface area contributed by atoms with Crippen molar-refractivity contribution in [2.75, 3.05) is 19.6 Å². The minimum absolute atomic E-state index is 0.0237. The molecular formula is C13H19BrN2O2. The number of carbonyl (C=O) groups is 1. The molecule has 0 bridgehead atoms. The standard InChI is InChI=1S/C13H19BrN2O2/c1-3-15-13(18)9-16(4-2)8-10-7-11(17)5-6-12(10)14/h5-7,17H,3-4,8-9H2,1-2H3,(H,15,18). The summed E-state index contributed by atoms with van der Waals surface area (Å²) in [6.45, 7) is 6.33. The molecule has 1 rings (SSSR count). The SMILES string of the molecule is CCNC(=O)CN(CC)Cc1cc(O)ccc1Br. The second-order valence-electron chi connectivity index (χ2n) is 4.03. The number of aromatic hydroxyl groups is 1. The van der Waals surface area contributed by atoms with Gasteiger partial charge < -0.3 is 10.4 Å². The van der Waals surface area contributed by atoms with Crippen molar-refractivity contribution in [2.45, 2.75) is 20.4 Å². The first kappa shape index (κ1) is 15.0. The van der Waals surface area contributed by atoms with E-state index in [0.29, 0.717) is 19.6 Å². The lowest BCUT2D eigenvalue weighted by molar-refractivity contribution is -0.122. The molecule has 18 heavy (non-hydrogen) atoms. The lowest BCUT2D eigenvalue weighted by Crippen LogP contribution is -2.36. The fourth-order valence-electron chi connectivity index (χ4n) is 1.66. The van der Waals surface area contributed by atoms with E-state index in [2.05, 4.69) is 21.2 Å². The van der Waals surface area contributed by atoms with Gasteiger partial charge in [0.05, 0.1) is 6.54 Å². The van der Waals surface area contributed by atoms with E-state index in [1.165, 1.54) is 0 Å². The number of likely N-dealkylation sites (N-methyl/N-ethyl adjacent to an activating group) is 2. The summed E-state index contributed by atoms with van der Waals surface area (Å²) in [5, 5.41) is 12.3. The average Bonchev–Trinajstić information content (AvgIpc) is 2.33. The molecule has 0 aliphatic carbocycles. The number of rotatable bonds is 6. The van der Waals surface area contributed by atoms with Crippen LogP contribution in [0.15, 0.2) is 22.7 Å². The monoisotopic (exact) mass is 314 g/mol. The smallest absolute Gasteiger partial charge is 0.234 e. The van der Waals surface area contributed by atoms with Crippen molar-refractivity contribution in [3.63, 3.8) is 0 Å². The Bertz CT molecular complexity index is 410. The van der Waals surface area contributed by atoms with Crippen LogP contribution in [-0.2, 0) is 11.3 Å². The van der Waals surface area contributed by atoms with Gasteiger partial charge in [0.25, 0.3) is 0 Å². The van der Waals surface area contributed by atoms with Gasteiger partial charge in [-0.05, 0) is 37.2 Å². The maximum absolute atomic E-state index is 11.5. The zero-order valence-corrected chi connectivity index (χ0v) is 12.3. The number of phenolic OH excluding ortho intramolecular Hbond substituents is 1. The van der Waals surface area contributed by atoms with Gasteiger partial charge in [-0.1, -0.05) is 22.9 Å². The minimum atomic E-state index is 0.0237. The van der Waals surface area contributed by atoms with Crippen molar-refractivity contribution in [3.05, 3.63) is 28.2 Å². The number of carbonyl (C=O) groups excluding carboxylic acids is 1. The maximum atomic E-state index is 11.5. The first-order chi connectivity index (χ1) is 8.56. The number of nitrogens with zero attached hydrogens (tertiary/aromatic N) is 1. The molecule has 0 fully saturated rings. The highest BCUT2D eigenvalue weighted by molar-refractivity contribution is 9.10. The highest BCUT2D eigenvalue weighted by atomic mass is 79.9. The van der Waals surface area contributed by atoms with Gasteiger partial charge in [-0.3, -0.25) is 9.69 Å². The quantitative estimate of drug-likeness (QED) is 0.845. The number of halogens is 1. The summed E-state index contributed by atoms with van der Waals surface area (Å²) in [6.07, 6.45) is 0. The molecule has 0 heterocycles. The van der Waals surface area contributed by atoms with E-state index in [1.54, 1.807) is 12.1 Å². The van der Waals surface area contributed by atoms with Crippen LogP contribution in [0.3, 0.4) is 0 Å². The van der Waals surface area contributed by atoms with E-state index in [0.717, 1.165) is 16.6 Å². The van der Waals surface area contributed by atoms with Crippen molar-refractivity contribution in [2.24, 2.45) is 0 Å². The predicted molar refractivity (Wildman–Crippen MR) is 75.4 cm³/mol. The van der Waals surface area contributed by atoms with E-state index in [1.807, 2.05) is 24.8 Å². The molecule has 0 aromatic heterocycles. The number of hydrogen-bond donors (Lipinski definition) is 2. The summed E-state index contributed by atoms with van der Waals surface area (Å²) in [7, 11) is 0. The predicted octanol–water partition coefficient (Wildman–Crippen LogP) is 2.11. The Labute approximate surface area is 116 Å². The molecule has 4 nitrogen and oxygen atoms in total. The molecule has 0 saturated carbocycles. The highest BCUT2D eigenvalue weighted by Gasteiger charge is 2.11. The molecule has 2 N–H and O–H groups in total. The second kappa shape index (κ2) is 7.38. The Balaban J connectivity index is 2.67. The van der Waals surface area contributed by atoms with Crippen LogP contribution in [0, 0.1) is 0 Å². The van der Waals surface area contributed by atoms with Gasteiger partial charge in [-0.2, -0.15) is 0 Å². The normalized spacial score (nSPS) is 10.7. The third kappa shape index (κ3) is 4.66. The van der Waals surface area contributed by atoms with E-state index in [9.17, 15) is 9.90 Å². The van der Waals surface area contributed by atoms with Crippen molar-refractivity contribution in [3.8, 4) is 5.75 Å². The third-order valence-electron chi connectivity index (χ3n) is 2.61. The molecule has 0 atom stereocenters. The Morgan fingerprint density at radius 1 is 1.44 bits per heavy atom. The fourth-order valence-corrected chi connectivity index (χ4v) is 2.03. The number of benzene rings is 1. The molecule has 1 aromatic rings. The van der Waals surface area contributed by atoms with E-state index < -0.39 is 0 Å². The Hall–Kier alpha value is -1.07. The number of amides is 1. The van der Waals surface area contributed by atoms with Crippen LogP contribution >= 0.6 is 15.9 Å². The molecular weight excluding hydrogens is 296 g/mol. The molecule has 0 saturated heterocycles. The van der Waals surface area contributed by atoms with Crippen molar-refractivity contribution in [1.29, 1.82) is 0 Å². The summed E-state index contributed by atoms with van der Waals surface area (Å²) in [6, 6.07) is 5.16. The topological polar surface area (TPSA) is 52.6 Å². The van der Waals surface area contributed by atoms with Gasteiger partial charge in [0.2, 0.25) is 5.91 Å². The molecule has 0 spiro atoms. The largest absolute Gasteiger partial charge is 0.508 e. The van der Waals surface area contributed by atoms with Crippen molar-refractivity contribution in [1.82, 2.24) is 10.2 Å². The molecule has 1 amide bonds. The summed E-state index contributed by atoms with van der Waals surface area (Å²) in [4.78, 5) is 13.6. The second-order valence-corrected chi connectivity index (χ2v) is 4.89. The van der Waals surface area contributed by atoms with Crippen LogP contribution in [-0.4, -0.2) is 35.5 Å². The minimum Gasteiger partial charge on any atom is -0.508 e. The van der Waals surface area contributed by atoms with Gasteiger partial charge in [0.15, 0.2) is 0 Å². The van der Waals surface area contributed by atoms with Crippen LogP contribution in [0.5, 0.6) is 5.75 Å². The van der Waals surface area contributed by atoms with Crippen molar-refractivity contribution < 1.29 is 9.90 Å². The number of phenols is 1. The summed E-state index contributed by atoms with van der Waals surface area (Å²) in [5.41, 5.74) is 0.973. The van der Waals surface area contributed by atoms with Crippen LogP contribution in [0.25, 0.3) is 0 Å². The molecule has 0 aliphatic heterocycles. The summed E-state index contributed by atoms with van der Waals surface area (Å²) >= 11 is 3.45. The average molecular weight is 315 g/mol. The van der Waals surface area contributed by atoms with Gasteiger partial charge in [0.1, 0.15) is 5.75 Å². The Morgan fingerprint density at radius 3 is 2.78 bits per heavy atom. The zero-order chi connectivity index (χ0) is 13.5. The first-order valence-electron chi connectivity index (χ1n) is 6.03. The van der Waals surface area contributed by atoms with Gasteiger partial charge in [0, 0.05) is 17.6 Å². The lowest BCUT2D eigenvalue weighted by atomic mass is 10.2. The number of hydrogen-bond acceptors (Lipinski definition) is 3. The van der Waals surface area contributed by atoms with Gasteiger partial charge in [-0.25, -0.2) is 0 Å². The summed E-state index contributed by atoms with van der Waals surface area (Å²) in [5.74, 6) is 0.262. The summed E-state index contributed by atoms with van der Waals surface area (Å²) < 4.78 is 0.939.